The average molecular weight is 339 g/mol. The molecule has 0 amide bonds. The van der Waals surface area contributed by atoms with Crippen LogP contribution in [0.5, 0.6) is 0 Å². The molecule has 1 aromatic rings. The molecule has 1 aliphatic heterocycles. The minimum absolute atomic E-state index is 0.0477. The maximum atomic E-state index is 13.2. The van der Waals surface area contributed by atoms with Gasteiger partial charge in [0.2, 0.25) is 10.0 Å². The normalized spacial score (nSPS) is 21.4. The van der Waals surface area contributed by atoms with E-state index in [1.165, 1.54) is 0 Å². The summed E-state index contributed by atoms with van der Waals surface area (Å²) in [5, 5.41) is 9.38. The molecule has 0 saturated carbocycles. The van der Waals surface area contributed by atoms with Crippen molar-refractivity contribution in [1.29, 1.82) is 0 Å². The lowest BCUT2D eigenvalue weighted by Crippen LogP contribution is -2.30. The number of rotatable bonds is 2. The Bertz CT molecular complexity index is 579. The van der Waals surface area contributed by atoms with E-state index in [2.05, 4.69) is 15.9 Å². The number of nitrogens with two attached hydrogens (primary N) is 1. The summed E-state index contributed by atoms with van der Waals surface area (Å²) in [6, 6.07) is 2.11. The van der Waals surface area contributed by atoms with Gasteiger partial charge in [-0.3, -0.25) is 0 Å². The number of halogens is 2. The Hall–Kier alpha value is -0.700. The van der Waals surface area contributed by atoms with Gasteiger partial charge in [0, 0.05) is 17.6 Å². The van der Waals surface area contributed by atoms with Crippen molar-refractivity contribution in [2.75, 3.05) is 18.8 Å². The standard InChI is InChI=1S/C10H12BrFN2O3S/c11-7-3-8(12)9(13)4-10(7)18(16,17)14-2-1-6(15)5-14/h3-4,6,15H,1-2,5,13H2/t6-/m0/s1. The van der Waals surface area contributed by atoms with Gasteiger partial charge < -0.3 is 10.8 Å². The largest absolute Gasteiger partial charge is 0.396 e. The van der Waals surface area contributed by atoms with Gasteiger partial charge in [-0.1, -0.05) is 0 Å². The summed E-state index contributed by atoms with van der Waals surface area (Å²) in [5.74, 6) is -0.678. The summed E-state index contributed by atoms with van der Waals surface area (Å²) in [4.78, 5) is -0.0875. The molecule has 1 atom stereocenters. The van der Waals surface area contributed by atoms with E-state index in [-0.39, 0.29) is 28.1 Å². The molecular formula is C10H12BrFN2O3S. The van der Waals surface area contributed by atoms with Crippen LogP contribution >= 0.6 is 15.9 Å². The van der Waals surface area contributed by atoms with Crippen molar-refractivity contribution in [3.63, 3.8) is 0 Å². The van der Waals surface area contributed by atoms with Crippen molar-refractivity contribution >= 4 is 31.6 Å². The minimum atomic E-state index is -3.76. The highest BCUT2D eigenvalue weighted by Crippen LogP contribution is 2.30. The van der Waals surface area contributed by atoms with Gasteiger partial charge in [-0.25, -0.2) is 12.8 Å². The van der Waals surface area contributed by atoms with Crippen LogP contribution in [0.3, 0.4) is 0 Å². The lowest BCUT2D eigenvalue weighted by Gasteiger charge is -2.17. The number of hydrogen-bond donors (Lipinski definition) is 2. The van der Waals surface area contributed by atoms with Crippen molar-refractivity contribution in [1.82, 2.24) is 4.31 Å². The molecule has 1 aromatic carbocycles. The fourth-order valence-electron chi connectivity index (χ4n) is 1.81. The summed E-state index contributed by atoms with van der Waals surface area (Å²) in [5.41, 5.74) is 5.16. The Balaban J connectivity index is 2.45. The van der Waals surface area contributed by atoms with Gasteiger partial charge in [-0.05, 0) is 34.5 Å². The SMILES string of the molecule is Nc1cc(S(=O)(=O)N2CC[C@H](O)C2)c(Br)cc1F. The first-order valence-corrected chi connectivity index (χ1v) is 7.48. The van der Waals surface area contributed by atoms with Crippen molar-refractivity contribution in [3.05, 3.63) is 22.4 Å². The molecule has 2 rings (SSSR count). The first-order valence-electron chi connectivity index (χ1n) is 5.25. The average Bonchev–Trinajstić information content (AvgIpc) is 2.70. The molecule has 3 N–H and O–H groups in total. The lowest BCUT2D eigenvalue weighted by molar-refractivity contribution is 0.189. The molecule has 1 fully saturated rings. The Kier molecular flexibility index (Phi) is 3.63. The molecule has 0 aromatic heterocycles. The zero-order valence-electron chi connectivity index (χ0n) is 9.31. The van der Waals surface area contributed by atoms with E-state index in [9.17, 15) is 17.9 Å². The molecule has 0 unspecified atom stereocenters. The number of nitrogens with zero attached hydrogens (tertiary/aromatic N) is 1. The molecular weight excluding hydrogens is 327 g/mol. The minimum Gasteiger partial charge on any atom is -0.396 e. The molecule has 0 bridgehead atoms. The third-order valence-corrected chi connectivity index (χ3v) is 5.62. The van der Waals surface area contributed by atoms with Crippen LogP contribution in [-0.4, -0.2) is 37.0 Å². The molecule has 0 radical (unpaired) electrons. The molecule has 8 heteroatoms. The highest BCUT2D eigenvalue weighted by molar-refractivity contribution is 9.10. The van der Waals surface area contributed by atoms with Crippen molar-refractivity contribution in [3.8, 4) is 0 Å². The maximum Gasteiger partial charge on any atom is 0.244 e. The van der Waals surface area contributed by atoms with Crippen LogP contribution in [0.25, 0.3) is 0 Å². The number of aliphatic hydroxyl groups is 1. The molecule has 5 nitrogen and oxygen atoms in total. The topological polar surface area (TPSA) is 83.6 Å². The van der Waals surface area contributed by atoms with Crippen molar-refractivity contribution in [2.45, 2.75) is 17.4 Å². The Labute approximate surface area is 113 Å². The molecule has 100 valence electrons. The predicted octanol–water partition coefficient (Wildman–Crippen LogP) is 0.926. The molecule has 1 aliphatic rings. The number of nitrogen functional groups attached to an aromatic ring is 1. The summed E-state index contributed by atoms with van der Waals surface area (Å²) < 4.78 is 39.0. The van der Waals surface area contributed by atoms with Gasteiger partial charge in [-0.2, -0.15) is 4.31 Å². The highest BCUT2D eigenvalue weighted by Gasteiger charge is 2.33. The number of hydrogen-bond acceptors (Lipinski definition) is 4. The van der Waals surface area contributed by atoms with Crippen LogP contribution in [0, 0.1) is 5.82 Å². The van der Waals surface area contributed by atoms with E-state index in [0.29, 0.717) is 6.42 Å². The van der Waals surface area contributed by atoms with E-state index in [1.807, 2.05) is 0 Å². The fourth-order valence-corrected chi connectivity index (χ4v) is 4.31. The van der Waals surface area contributed by atoms with Crippen LogP contribution in [-0.2, 0) is 10.0 Å². The van der Waals surface area contributed by atoms with Gasteiger partial charge in [0.15, 0.2) is 0 Å². The summed E-state index contributed by atoms with van der Waals surface area (Å²) in [6.45, 7) is 0.291. The second-order valence-electron chi connectivity index (χ2n) is 4.11. The molecule has 0 aliphatic carbocycles. The van der Waals surface area contributed by atoms with Gasteiger partial charge in [0.25, 0.3) is 0 Å². The van der Waals surface area contributed by atoms with Crippen LogP contribution in [0.2, 0.25) is 0 Å². The predicted molar refractivity (Wildman–Crippen MR) is 67.9 cm³/mol. The summed E-state index contributed by atoms with van der Waals surface area (Å²) in [6.07, 6.45) is -0.260. The zero-order valence-corrected chi connectivity index (χ0v) is 11.7. The first kappa shape index (κ1) is 13.7. The smallest absolute Gasteiger partial charge is 0.244 e. The third kappa shape index (κ3) is 2.37. The zero-order chi connectivity index (χ0) is 13.5. The number of benzene rings is 1. The van der Waals surface area contributed by atoms with E-state index in [4.69, 9.17) is 5.73 Å². The van der Waals surface area contributed by atoms with Crippen LogP contribution < -0.4 is 5.73 Å². The van der Waals surface area contributed by atoms with E-state index in [1.54, 1.807) is 0 Å². The van der Waals surface area contributed by atoms with E-state index >= 15 is 0 Å². The third-order valence-electron chi connectivity index (χ3n) is 2.80. The van der Waals surface area contributed by atoms with Crippen molar-refractivity contribution in [2.24, 2.45) is 0 Å². The second kappa shape index (κ2) is 4.76. The quantitative estimate of drug-likeness (QED) is 0.785. The monoisotopic (exact) mass is 338 g/mol. The number of anilines is 1. The van der Waals surface area contributed by atoms with Crippen LogP contribution in [0.15, 0.2) is 21.5 Å². The summed E-state index contributed by atoms with van der Waals surface area (Å²) in [7, 11) is -3.76. The maximum absolute atomic E-state index is 13.2. The Morgan fingerprint density at radius 2 is 2.17 bits per heavy atom. The first-order chi connectivity index (χ1) is 8.32. The Morgan fingerprint density at radius 3 is 2.72 bits per heavy atom. The van der Waals surface area contributed by atoms with E-state index in [0.717, 1.165) is 16.4 Å². The summed E-state index contributed by atoms with van der Waals surface area (Å²) >= 11 is 3.02. The lowest BCUT2D eigenvalue weighted by atomic mass is 10.3. The number of sulfonamides is 1. The van der Waals surface area contributed by atoms with Gasteiger partial charge in [0.05, 0.1) is 16.7 Å². The van der Waals surface area contributed by atoms with Crippen LogP contribution in [0.4, 0.5) is 10.1 Å². The van der Waals surface area contributed by atoms with Crippen molar-refractivity contribution < 1.29 is 17.9 Å². The Morgan fingerprint density at radius 1 is 1.50 bits per heavy atom. The highest BCUT2D eigenvalue weighted by atomic mass is 79.9. The van der Waals surface area contributed by atoms with Crippen LogP contribution in [0.1, 0.15) is 6.42 Å². The fraction of sp³-hybridized carbons (Fsp3) is 0.400. The molecule has 1 heterocycles. The van der Waals surface area contributed by atoms with Gasteiger partial charge in [-0.15, -0.1) is 0 Å². The molecule has 0 spiro atoms. The molecule has 1 saturated heterocycles. The van der Waals surface area contributed by atoms with Gasteiger partial charge >= 0.3 is 0 Å². The number of aliphatic hydroxyl groups excluding tert-OH is 1. The number of β-amino-alcohol motifs (C(OH)–C–C–N with tert-alkyl or cyclic N) is 1. The van der Waals surface area contributed by atoms with Gasteiger partial charge in [0.1, 0.15) is 5.82 Å². The van der Waals surface area contributed by atoms with E-state index < -0.39 is 21.9 Å². The second-order valence-corrected chi connectivity index (χ2v) is 6.87. The molecule has 18 heavy (non-hydrogen) atoms.